The normalized spacial score (nSPS) is 22.5. The molecule has 8 nitrogen and oxygen atoms in total. The Morgan fingerprint density at radius 3 is 2.54 bits per heavy atom. The molecule has 0 radical (unpaired) electrons. The molecule has 1 saturated heterocycles. The second-order valence-corrected chi connectivity index (χ2v) is 5.69. The molecule has 0 bridgehead atoms. The minimum absolute atomic E-state index is 0.263. The molecule has 9 heteroatoms. The quantitative estimate of drug-likeness (QED) is 0.575. The summed E-state index contributed by atoms with van der Waals surface area (Å²) in [5, 5.41) is 5.01. The number of hydrogen-bond donors (Lipinski definition) is 0. The van der Waals surface area contributed by atoms with Crippen molar-refractivity contribution in [1.82, 2.24) is 5.01 Å². The van der Waals surface area contributed by atoms with Crippen molar-refractivity contribution in [1.29, 1.82) is 0 Å². The van der Waals surface area contributed by atoms with Gasteiger partial charge in [-0.2, -0.15) is 5.10 Å². The second kappa shape index (κ2) is 5.72. The summed E-state index contributed by atoms with van der Waals surface area (Å²) in [6.45, 7) is 1.20. The summed E-state index contributed by atoms with van der Waals surface area (Å²) >= 11 is 5.91. The van der Waals surface area contributed by atoms with Crippen molar-refractivity contribution in [2.24, 2.45) is 11.0 Å². The van der Waals surface area contributed by atoms with Crippen molar-refractivity contribution in [2.45, 2.75) is 13.0 Å². The zero-order chi connectivity index (χ0) is 17.6. The van der Waals surface area contributed by atoms with Crippen molar-refractivity contribution < 1.29 is 23.9 Å². The third-order valence-electron chi connectivity index (χ3n) is 3.83. The highest BCUT2D eigenvalue weighted by molar-refractivity contribution is 6.47. The molecule has 0 unspecified atom stereocenters. The second-order valence-electron chi connectivity index (χ2n) is 5.25. The third-order valence-corrected chi connectivity index (χ3v) is 4.07. The van der Waals surface area contributed by atoms with E-state index in [0.717, 1.165) is 17.0 Å². The average Bonchev–Trinajstić information content (AvgIpc) is 3.05. The van der Waals surface area contributed by atoms with Crippen LogP contribution in [0.1, 0.15) is 6.92 Å². The fraction of sp³-hybridized carbons (Fsp3) is 0.267. The van der Waals surface area contributed by atoms with Crippen LogP contribution in [0.3, 0.4) is 0 Å². The first-order valence-corrected chi connectivity index (χ1v) is 7.34. The SMILES string of the molecule is COC(=O)C1=NN(C(C)=O)[C@H]2C(=O)N(c3cccc(Cl)c3)C(=O)[C@H]12. The van der Waals surface area contributed by atoms with Crippen LogP contribution in [-0.4, -0.2) is 47.6 Å². The molecular formula is C15H12ClN3O5. The molecule has 1 aromatic rings. The van der Waals surface area contributed by atoms with E-state index in [1.165, 1.54) is 19.1 Å². The van der Waals surface area contributed by atoms with Gasteiger partial charge < -0.3 is 4.74 Å². The van der Waals surface area contributed by atoms with E-state index in [0.29, 0.717) is 5.02 Å². The number of anilines is 1. The van der Waals surface area contributed by atoms with Crippen molar-refractivity contribution in [3.05, 3.63) is 29.3 Å². The predicted molar refractivity (Wildman–Crippen MR) is 83.2 cm³/mol. The first-order chi connectivity index (χ1) is 11.4. The Morgan fingerprint density at radius 2 is 1.96 bits per heavy atom. The van der Waals surface area contributed by atoms with Gasteiger partial charge in [0.2, 0.25) is 11.8 Å². The van der Waals surface area contributed by atoms with Crippen LogP contribution in [0.25, 0.3) is 0 Å². The molecule has 0 saturated carbocycles. The Hall–Kier alpha value is -2.74. The summed E-state index contributed by atoms with van der Waals surface area (Å²) in [6.07, 6.45) is 0. The highest BCUT2D eigenvalue weighted by Crippen LogP contribution is 2.36. The summed E-state index contributed by atoms with van der Waals surface area (Å²) in [5.41, 5.74) is 0.000181. The summed E-state index contributed by atoms with van der Waals surface area (Å²) in [6, 6.07) is 4.98. The standard InChI is InChI=1S/C15H12ClN3O5/c1-7(20)19-12-10(11(17-19)15(23)24-2)13(21)18(14(12)22)9-5-3-4-8(16)6-9/h3-6,10,12H,1-2H3/t10-,12-/m1/s1. The van der Waals surface area contributed by atoms with Gasteiger partial charge in [-0.15, -0.1) is 0 Å². The molecule has 0 spiro atoms. The number of imide groups is 1. The van der Waals surface area contributed by atoms with Crippen molar-refractivity contribution in [3.8, 4) is 0 Å². The summed E-state index contributed by atoms with van der Waals surface area (Å²) in [5.74, 6) is -3.90. The molecule has 2 aliphatic heterocycles. The van der Waals surface area contributed by atoms with E-state index in [-0.39, 0.29) is 11.4 Å². The largest absolute Gasteiger partial charge is 0.464 e. The van der Waals surface area contributed by atoms with E-state index in [2.05, 4.69) is 9.84 Å². The topological polar surface area (TPSA) is 96.3 Å². The highest BCUT2D eigenvalue weighted by Gasteiger charge is 2.59. The molecule has 3 rings (SSSR count). The lowest BCUT2D eigenvalue weighted by Crippen LogP contribution is -2.41. The number of amides is 3. The summed E-state index contributed by atoms with van der Waals surface area (Å²) in [7, 11) is 1.13. The number of rotatable bonds is 2. The van der Waals surface area contributed by atoms with Gasteiger partial charge >= 0.3 is 5.97 Å². The number of carbonyl (C=O) groups excluding carboxylic acids is 4. The van der Waals surface area contributed by atoms with E-state index in [9.17, 15) is 19.2 Å². The lowest BCUT2D eigenvalue weighted by molar-refractivity contribution is -0.136. The monoisotopic (exact) mass is 349 g/mol. The maximum absolute atomic E-state index is 12.7. The first kappa shape index (κ1) is 16.1. The third kappa shape index (κ3) is 2.26. The fourth-order valence-electron chi connectivity index (χ4n) is 2.82. The van der Waals surface area contributed by atoms with E-state index >= 15 is 0 Å². The van der Waals surface area contributed by atoms with Crippen LogP contribution >= 0.6 is 11.6 Å². The Balaban J connectivity index is 2.07. The molecule has 0 aliphatic carbocycles. The minimum Gasteiger partial charge on any atom is -0.464 e. The van der Waals surface area contributed by atoms with Gasteiger partial charge in [0.05, 0.1) is 12.8 Å². The van der Waals surface area contributed by atoms with E-state index < -0.39 is 35.7 Å². The van der Waals surface area contributed by atoms with Gasteiger partial charge in [-0.25, -0.2) is 14.7 Å². The van der Waals surface area contributed by atoms with Crippen LogP contribution in [0, 0.1) is 5.92 Å². The molecule has 24 heavy (non-hydrogen) atoms. The number of halogens is 1. The highest BCUT2D eigenvalue weighted by atomic mass is 35.5. The number of hydrogen-bond acceptors (Lipinski definition) is 6. The molecule has 0 N–H and O–H groups in total. The zero-order valence-electron chi connectivity index (χ0n) is 12.7. The van der Waals surface area contributed by atoms with Gasteiger partial charge in [0.25, 0.3) is 5.91 Å². The van der Waals surface area contributed by atoms with Crippen molar-refractivity contribution in [2.75, 3.05) is 12.0 Å². The van der Waals surface area contributed by atoms with E-state index in [1.54, 1.807) is 12.1 Å². The number of ether oxygens (including phenoxy) is 1. The Bertz CT molecular complexity index is 806. The Morgan fingerprint density at radius 1 is 1.25 bits per heavy atom. The van der Waals surface area contributed by atoms with Crippen LogP contribution in [0.4, 0.5) is 5.69 Å². The molecule has 0 aromatic heterocycles. The van der Waals surface area contributed by atoms with Gasteiger partial charge in [0.1, 0.15) is 5.92 Å². The van der Waals surface area contributed by atoms with Crippen molar-refractivity contribution >= 4 is 46.7 Å². The van der Waals surface area contributed by atoms with Crippen LogP contribution < -0.4 is 4.90 Å². The molecule has 124 valence electrons. The predicted octanol–water partition coefficient (Wildman–Crippen LogP) is 0.589. The molecule has 3 amide bonds. The minimum atomic E-state index is -1.19. The van der Waals surface area contributed by atoms with E-state index in [4.69, 9.17) is 11.6 Å². The van der Waals surface area contributed by atoms with Gasteiger partial charge in [0, 0.05) is 11.9 Å². The van der Waals surface area contributed by atoms with Gasteiger partial charge in [-0.1, -0.05) is 17.7 Å². The van der Waals surface area contributed by atoms with Gasteiger partial charge in [-0.3, -0.25) is 14.4 Å². The van der Waals surface area contributed by atoms with Crippen LogP contribution in [0.5, 0.6) is 0 Å². The van der Waals surface area contributed by atoms with Crippen LogP contribution in [0.15, 0.2) is 29.4 Å². The zero-order valence-corrected chi connectivity index (χ0v) is 13.5. The Labute approximate surface area is 141 Å². The maximum atomic E-state index is 12.7. The van der Waals surface area contributed by atoms with Crippen LogP contribution in [0.2, 0.25) is 5.02 Å². The number of carbonyl (C=O) groups is 4. The number of nitrogens with zero attached hydrogens (tertiary/aromatic N) is 3. The van der Waals surface area contributed by atoms with Crippen LogP contribution in [-0.2, 0) is 23.9 Å². The smallest absolute Gasteiger partial charge is 0.355 e. The maximum Gasteiger partial charge on any atom is 0.355 e. The van der Waals surface area contributed by atoms with Gasteiger partial charge in [0.15, 0.2) is 11.8 Å². The number of hydrazone groups is 1. The molecule has 2 aliphatic rings. The Kier molecular flexibility index (Phi) is 3.84. The first-order valence-electron chi connectivity index (χ1n) is 6.96. The number of benzene rings is 1. The average molecular weight is 350 g/mol. The molecule has 2 atom stereocenters. The van der Waals surface area contributed by atoms with Crippen molar-refractivity contribution in [3.63, 3.8) is 0 Å². The lowest BCUT2D eigenvalue weighted by atomic mass is 9.98. The molecule has 2 heterocycles. The van der Waals surface area contributed by atoms with E-state index in [1.807, 2.05) is 0 Å². The molecular weight excluding hydrogens is 338 g/mol. The van der Waals surface area contributed by atoms with Gasteiger partial charge in [-0.05, 0) is 18.2 Å². The summed E-state index contributed by atoms with van der Waals surface area (Å²) in [4.78, 5) is 50.0. The fourth-order valence-corrected chi connectivity index (χ4v) is 3.00. The number of methoxy groups -OCH3 is 1. The molecule has 1 fully saturated rings. The summed E-state index contributed by atoms with van der Waals surface area (Å²) < 4.78 is 4.60. The lowest BCUT2D eigenvalue weighted by Gasteiger charge is -2.19. The number of esters is 1. The number of fused-ring (bicyclic) bond motifs is 1. The molecule has 1 aromatic carbocycles.